The highest BCUT2D eigenvalue weighted by Crippen LogP contribution is 2.53. The second kappa shape index (κ2) is 7.02. The van der Waals surface area contributed by atoms with Crippen LogP contribution in [0.4, 0.5) is 0 Å². The van der Waals surface area contributed by atoms with Gasteiger partial charge in [0.15, 0.2) is 0 Å². The number of aliphatic hydroxyl groups is 1. The summed E-state index contributed by atoms with van der Waals surface area (Å²) in [5.74, 6) is 2.06. The summed E-state index contributed by atoms with van der Waals surface area (Å²) in [5.41, 5.74) is 1.40. The minimum Gasteiger partial charge on any atom is -0.356 e. The number of aliphatic hydroxyl groups excluding tert-OH is 1. The number of carbonyl (C=O) groups excluding carboxylic acids is 1. The minimum absolute atomic E-state index is 0.0177. The lowest BCUT2D eigenvalue weighted by atomic mass is 9.93. The quantitative estimate of drug-likeness (QED) is 0.695. The number of imidazole rings is 1. The van der Waals surface area contributed by atoms with E-state index in [4.69, 9.17) is 9.72 Å². The average Bonchev–Trinajstić information content (AvgIpc) is 3.55. The van der Waals surface area contributed by atoms with Crippen LogP contribution in [0.1, 0.15) is 51.9 Å². The molecule has 7 heteroatoms. The number of hydrogen-bond acceptors (Lipinski definition) is 5. The van der Waals surface area contributed by atoms with E-state index in [1.165, 1.54) is 5.56 Å². The van der Waals surface area contributed by atoms with Crippen molar-refractivity contribution in [2.75, 3.05) is 13.1 Å². The summed E-state index contributed by atoms with van der Waals surface area (Å²) < 4.78 is 7.80. The van der Waals surface area contributed by atoms with Crippen molar-refractivity contribution < 1.29 is 14.6 Å². The highest BCUT2D eigenvalue weighted by atomic mass is 16.6. The summed E-state index contributed by atoms with van der Waals surface area (Å²) in [4.78, 5) is 20.0. The number of nitrogens with zero attached hydrogens (tertiary/aromatic N) is 3. The molecule has 7 nitrogen and oxygen atoms in total. The van der Waals surface area contributed by atoms with E-state index in [1.54, 1.807) is 0 Å². The van der Waals surface area contributed by atoms with Crippen molar-refractivity contribution in [3.05, 3.63) is 35.9 Å². The van der Waals surface area contributed by atoms with Crippen LogP contribution in [-0.4, -0.2) is 50.4 Å². The van der Waals surface area contributed by atoms with Crippen LogP contribution in [0.15, 0.2) is 24.5 Å². The number of nitrogens with one attached hydrogen (secondary N) is 1. The summed E-state index contributed by atoms with van der Waals surface area (Å²) in [7, 11) is 0. The molecule has 2 saturated carbocycles. The molecule has 3 fully saturated rings. The zero-order chi connectivity index (χ0) is 22.1. The number of pyridine rings is 1. The smallest absolute Gasteiger partial charge is 0.224 e. The first-order chi connectivity index (χ1) is 14.6. The maximum Gasteiger partial charge on any atom is 0.224 e. The van der Waals surface area contributed by atoms with Gasteiger partial charge in [-0.05, 0) is 76.8 Å². The van der Waals surface area contributed by atoms with Crippen LogP contribution in [0.25, 0.3) is 5.52 Å². The van der Waals surface area contributed by atoms with Crippen molar-refractivity contribution >= 4 is 11.4 Å². The summed E-state index contributed by atoms with van der Waals surface area (Å²) in [6.45, 7) is 11.4. The zero-order valence-electron chi connectivity index (χ0n) is 19.1. The molecule has 2 aromatic rings. The molecule has 2 N–H and O–H groups in total. The molecule has 3 aliphatic rings. The fraction of sp³-hybridized carbons (Fsp3) is 0.667. The highest BCUT2D eigenvalue weighted by Gasteiger charge is 2.61. The Kier molecular flexibility index (Phi) is 4.74. The van der Waals surface area contributed by atoms with Crippen molar-refractivity contribution in [1.82, 2.24) is 19.6 Å². The Morgan fingerprint density at radius 1 is 1.26 bits per heavy atom. The monoisotopic (exact) mass is 426 g/mol. The molecule has 1 amide bonds. The SMILES string of the molecule is Cc1cccn2c(C(C)(NC(=O)[C@H]3[C@@H]4CN(C(O)OC(C)(C)C)C[C@@H]43)C3CC3)ncc12. The number of piperidine rings is 1. The number of rotatable bonds is 6. The fourth-order valence-corrected chi connectivity index (χ4v) is 5.41. The average molecular weight is 427 g/mol. The van der Waals surface area contributed by atoms with Crippen LogP contribution in [0.5, 0.6) is 0 Å². The van der Waals surface area contributed by atoms with Gasteiger partial charge in [-0.3, -0.25) is 9.69 Å². The molecule has 0 aromatic carbocycles. The van der Waals surface area contributed by atoms with Gasteiger partial charge in [-0.2, -0.15) is 0 Å². The molecular formula is C24H34N4O3. The Balaban J connectivity index is 1.29. The Morgan fingerprint density at radius 3 is 2.55 bits per heavy atom. The predicted molar refractivity (Wildman–Crippen MR) is 117 cm³/mol. The Morgan fingerprint density at radius 2 is 1.94 bits per heavy atom. The summed E-state index contributed by atoms with van der Waals surface area (Å²) in [5, 5.41) is 13.8. The number of carbonyl (C=O) groups is 1. The third kappa shape index (κ3) is 3.66. The van der Waals surface area contributed by atoms with Crippen LogP contribution >= 0.6 is 0 Å². The first-order valence-corrected chi connectivity index (χ1v) is 11.4. The molecule has 168 valence electrons. The number of aromatic nitrogens is 2. The molecule has 1 saturated heterocycles. The lowest BCUT2D eigenvalue weighted by Gasteiger charge is -2.32. The van der Waals surface area contributed by atoms with Gasteiger partial charge in [0.1, 0.15) is 5.82 Å². The lowest BCUT2D eigenvalue weighted by molar-refractivity contribution is -0.236. The number of likely N-dealkylation sites (tertiary alicyclic amines) is 1. The molecule has 31 heavy (non-hydrogen) atoms. The largest absolute Gasteiger partial charge is 0.356 e. The third-order valence-electron chi connectivity index (χ3n) is 7.32. The topological polar surface area (TPSA) is 79.1 Å². The molecule has 1 aliphatic heterocycles. The third-order valence-corrected chi connectivity index (χ3v) is 7.32. The molecule has 5 atom stereocenters. The lowest BCUT2D eigenvalue weighted by Crippen LogP contribution is -2.49. The predicted octanol–water partition coefficient (Wildman–Crippen LogP) is 2.65. The second-order valence-electron chi connectivity index (χ2n) is 10.9. The van der Waals surface area contributed by atoms with E-state index in [1.807, 2.05) is 44.1 Å². The summed E-state index contributed by atoms with van der Waals surface area (Å²) in [6, 6.07) is 4.12. The first kappa shape index (κ1) is 20.9. The molecule has 2 aliphatic carbocycles. The second-order valence-corrected chi connectivity index (χ2v) is 10.9. The summed E-state index contributed by atoms with van der Waals surface area (Å²) >= 11 is 0. The maximum atomic E-state index is 13.3. The van der Waals surface area contributed by atoms with Gasteiger partial charge in [-0.15, -0.1) is 0 Å². The van der Waals surface area contributed by atoms with Crippen molar-refractivity contribution in [3.63, 3.8) is 0 Å². The van der Waals surface area contributed by atoms with E-state index >= 15 is 0 Å². The van der Waals surface area contributed by atoms with Crippen LogP contribution in [0.2, 0.25) is 0 Å². The Bertz CT molecular complexity index is 996. The molecule has 0 radical (unpaired) electrons. The minimum atomic E-state index is -0.909. The van der Waals surface area contributed by atoms with Gasteiger partial charge in [0.25, 0.3) is 0 Å². The Hall–Kier alpha value is -1.96. The Labute approximate surface area is 183 Å². The van der Waals surface area contributed by atoms with Crippen molar-refractivity contribution in [2.45, 2.75) is 65.0 Å². The van der Waals surface area contributed by atoms with E-state index < -0.39 is 17.6 Å². The van der Waals surface area contributed by atoms with Crippen LogP contribution in [0.3, 0.4) is 0 Å². The van der Waals surface area contributed by atoms with Gasteiger partial charge in [-0.25, -0.2) is 4.98 Å². The molecule has 2 aromatic heterocycles. The zero-order valence-corrected chi connectivity index (χ0v) is 19.1. The normalized spacial score (nSPS) is 28.9. The van der Waals surface area contributed by atoms with E-state index in [9.17, 15) is 9.90 Å². The molecular weight excluding hydrogens is 392 g/mol. The number of aryl methyl sites for hydroxylation is 1. The highest BCUT2D eigenvalue weighted by molar-refractivity contribution is 5.83. The van der Waals surface area contributed by atoms with E-state index in [0.29, 0.717) is 30.8 Å². The summed E-state index contributed by atoms with van der Waals surface area (Å²) in [6.07, 6.45) is 5.27. The van der Waals surface area contributed by atoms with Crippen molar-refractivity contribution in [1.29, 1.82) is 0 Å². The maximum absolute atomic E-state index is 13.3. The van der Waals surface area contributed by atoms with Gasteiger partial charge in [0.05, 0.1) is 22.9 Å². The van der Waals surface area contributed by atoms with Crippen LogP contribution < -0.4 is 5.32 Å². The number of fused-ring (bicyclic) bond motifs is 2. The van der Waals surface area contributed by atoms with E-state index in [2.05, 4.69) is 29.6 Å². The van der Waals surface area contributed by atoms with Gasteiger partial charge >= 0.3 is 0 Å². The van der Waals surface area contributed by atoms with Crippen LogP contribution in [-0.2, 0) is 15.1 Å². The molecule has 0 bridgehead atoms. The van der Waals surface area contributed by atoms with Gasteiger partial charge in [0, 0.05) is 25.2 Å². The van der Waals surface area contributed by atoms with E-state index in [-0.39, 0.29) is 11.8 Å². The van der Waals surface area contributed by atoms with Crippen LogP contribution in [0, 0.1) is 30.6 Å². The number of ether oxygens (including phenoxy) is 1. The standard InChI is InChI=1S/C24H34N4O3/c1-14-7-6-10-28-18(14)11-25-21(28)24(5,15-8-9-15)26-20(29)19-16-12-27(13-17(16)19)22(30)31-23(2,3)4/h6-7,10-11,15-17,19,22,30H,8-9,12-13H2,1-5H3,(H,26,29)/t16-,17+,19+,22?,24?. The number of hydrogen-bond donors (Lipinski definition) is 2. The molecule has 0 spiro atoms. The molecule has 5 rings (SSSR count). The molecule has 2 unspecified atom stereocenters. The van der Waals surface area contributed by atoms with Gasteiger partial charge in [-0.1, -0.05) is 6.07 Å². The van der Waals surface area contributed by atoms with Crippen molar-refractivity contribution in [3.8, 4) is 0 Å². The van der Waals surface area contributed by atoms with Gasteiger partial charge in [0.2, 0.25) is 12.3 Å². The van der Waals surface area contributed by atoms with Crippen molar-refractivity contribution in [2.24, 2.45) is 23.7 Å². The van der Waals surface area contributed by atoms with E-state index in [0.717, 1.165) is 24.2 Å². The first-order valence-electron chi connectivity index (χ1n) is 11.4. The fourth-order valence-electron chi connectivity index (χ4n) is 5.41. The number of amides is 1. The van der Waals surface area contributed by atoms with Gasteiger partial charge < -0.3 is 19.6 Å². The molecule has 3 heterocycles.